The molecule has 1 aromatic rings. The van der Waals surface area contributed by atoms with E-state index in [0.717, 1.165) is 5.56 Å². The molecule has 3 heteroatoms. The molecule has 0 saturated heterocycles. The van der Waals surface area contributed by atoms with Crippen LogP contribution in [0.2, 0.25) is 0 Å². The minimum Gasteiger partial charge on any atom is -0.478 e. The maximum atomic E-state index is 11.3. The number of hydrogen-bond acceptors (Lipinski definition) is 2. The summed E-state index contributed by atoms with van der Waals surface area (Å²) in [4.78, 5) is 22.1. The lowest BCUT2D eigenvalue weighted by atomic mass is 9.95. The summed E-state index contributed by atoms with van der Waals surface area (Å²) in [6.07, 6.45) is 0. The van der Waals surface area contributed by atoms with Crippen LogP contribution in [0.25, 0.3) is 0 Å². The molecule has 80 valence electrons. The lowest BCUT2D eigenvalue weighted by molar-refractivity contribution is 0.0692. The van der Waals surface area contributed by atoms with Gasteiger partial charge >= 0.3 is 5.97 Å². The molecule has 1 aromatic carbocycles. The normalized spacial score (nSPS) is 10.4. The first-order valence-corrected chi connectivity index (χ1v) is 4.81. The van der Waals surface area contributed by atoms with Crippen LogP contribution in [-0.4, -0.2) is 16.9 Å². The Hall–Kier alpha value is -1.64. The lowest BCUT2D eigenvalue weighted by Gasteiger charge is -2.09. The lowest BCUT2D eigenvalue weighted by Crippen LogP contribution is -2.07. The maximum absolute atomic E-state index is 11.3. The zero-order chi connectivity index (χ0) is 11.6. The zero-order valence-electron chi connectivity index (χ0n) is 9.07. The third-order valence-corrected chi connectivity index (χ3v) is 2.32. The first kappa shape index (κ1) is 11.4. The Morgan fingerprint density at radius 2 is 1.80 bits per heavy atom. The van der Waals surface area contributed by atoms with Crippen molar-refractivity contribution in [2.45, 2.75) is 26.7 Å². The van der Waals surface area contributed by atoms with Crippen molar-refractivity contribution in [3.05, 3.63) is 34.9 Å². The van der Waals surface area contributed by atoms with Crippen LogP contribution in [-0.2, 0) is 0 Å². The fourth-order valence-corrected chi connectivity index (χ4v) is 1.40. The molecule has 0 fully saturated rings. The predicted molar refractivity (Wildman–Crippen MR) is 57.5 cm³/mol. The van der Waals surface area contributed by atoms with E-state index in [9.17, 15) is 9.59 Å². The van der Waals surface area contributed by atoms with E-state index < -0.39 is 5.97 Å². The van der Waals surface area contributed by atoms with E-state index >= 15 is 0 Å². The van der Waals surface area contributed by atoms with Crippen LogP contribution in [0, 0.1) is 0 Å². The quantitative estimate of drug-likeness (QED) is 0.773. The number of benzene rings is 1. The monoisotopic (exact) mass is 206 g/mol. The highest BCUT2D eigenvalue weighted by atomic mass is 16.4. The molecule has 1 rings (SSSR count). The molecule has 0 radical (unpaired) electrons. The molecule has 0 amide bonds. The van der Waals surface area contributed by atoms with Crippen LogP contribution in [0.4, 0.5) is 0 Å². The third kappa shape index (κ3) is 2.43. The molecule has 0 unspecified atom stereocenters. The summed E-state index contributed by atoms with van der Waals surface area (Å²) in [5.74, 6) is -0.989. The van der Waals surface area contributed by atoms with Crippen molar-refractivity contribution in [1.82, 2.24) is 0 Å². The van der Waals surface area contributed by atoms with Crippen LogP contribution in [0.3, 0.4) is 0 Å². The van der Waals surface area contributed by atoms with Gasteiger partial charge in [-0.05, 0) is 30.5 Å². The van der Waals surface area contributed by atoms with Crippen molar-refractivity contribution in [2.75, 3.05) is 0 Å². The highest BCUT2D eigenvalue weighted by molar-refractivity contribution is 6.04. The molecule has 0 aromatic heterocycles. The molecular formula is C12H14O3. The van der Waals surface area contributed by atoms with Crippen LogP contribution >= 0.6 is 0 Å². The summed E-state index contributed by atoms with van der Waals surface area (Å²) in [6.45, 7) is 5.38. The SMILES string of the molecule is CC(=O)c1cc(C(C)C)ccc1C(=O)O. The van der Waals surface area contributed by atoms with E-state index in [4.69, 9.17) is 5.11 Å². The van der Waals surface area contributed by atoms with Gasteiger partial charge in [-0.25, -0.2) is 4.79 Å². The van der Waals surface area contributed by atoms with Crippen molar-refractivity contribution in [2.24, 2.45) is 0 Å². The molecule has 0 bridgehead atoms. The summed E-state index contributed by atoms with van der Waals surface area (Å²) >= 11 is 0. The molecule has 0 atom stereocenters. The van der Waals surface area contributed by atoms with Gasteiger partial charge in [0.05, 0.1) is 5.56 Å². The second-order valence-electron chi connectivity index (χ2n) is 3.82. The topological polar surface area (TPSA) is 54.4 Å². The van der Waals surface area contributed by atoms with Gasteiger partial charge in [-0.2, -0.15) is 0 Å². The van der Waals surface area contributed by atoms with Gasteiger partial charge in [0.2, 0.25) is 0 Å². The number of carboxylic acid groups (broad SMARTS) is 1. The third-order valence-electron chi connectivity index (χ3n) is 2.32. The highest BCUT2D eigenvalue weighted by Crippen LogP contribution is 2.19. The average molecular weight is 206 g/mol. The van der Waals surface area contributed by atoms with Crippen molar-refractivity contribution in [3.8, 4) is 0 Å². The minimum absolute atomic E-state index is 0.0758. The first-order chi connectivity index (χ1) is 6.93. The minimum atomic E-state index is -1.06. The Kier molecular flexibility index (Phi) is 3.24. The molecule has 0 aliphatic rings. The van der Waals surface area contributed by atoms with Crippen LogP contribution in [0.5, 0.6) is 0 Å². The molecule has 15 heavy (non-hydrogen) atoms. The Balaban J connectivity index is 3.33. The fourth-order valence-electron chi connectivity index (χ4n) is 1.40. The number of rotatable bonds is 3. The summed E-state index contributed by atoms with van der Waals surface area (Å²) in [7, 11) is 0. The molecule has 0 spiro atoms. The maximum Gasteiger partial charge on any atom is 0.336 e. The molecular weight excluding hydrogens is 192 g/mol. The number of aromatic carboxylic acids is 1. The van der Waals surface area contributed by atoms with Crippen molar-refractivity contribution >= 4 is 11.8 Å². The van der Waals surface area contributed by atoms with E-state index in [0.29, 0.717) is 0 Å². The van der Waals surface area contributed by atoms with Crippen LogP contribution < -0.4 is 0 Å². The second kappa shape index (κ2) is 4.26. The van der Waals surface area contributed by atoms with Gasteiger partial charge < -0.3 is 5.11 Å². The van der Waals surface area contributed by atoms with E-state index in [1.807, 2.05) is 13.8 Å². The van der Waals surface area contributed by atoms with Crippen molar-refractivity contribution in [1.29, 1.82) is 0 Å². The summed E-state index contributed by atoms with van der Waals surface area (Å²) in [5, 5.41) is 8.89. The highest BCUT2D eigenvalue weighted by Gasteiger charge is 2.14. The molecule has 0 aliphatic heterocycles. The number of hydrogen-bond donors (Lipinski definition) is 1. The van der Waals surface area contributed by atoms with Crippen LogP contribution in [0.1, 0.15) is 53.0 Å². The van der Waals surface area contributed by atoms with Gasteiger partial charge in [0, 0.05) is 5.56 Å². The Bertz CT molecular complexity index is 405. The molecule has 3 nitrogen and oxygen atoms in total. The van der Waals surface area contributed by atoms with E-state index in [1.54, 1.807) is 12.1 Å². The average Bonchev–Trinajstić information content (AvgIpc) is 2.16. The summed E-state index contributed by atoms with van der Waals surface area (Å²) in [5.41, 5.74) is 1.34. The van der Waals surface area contributed by atoms with Gasteiger partial charge in [0.1, 0.15) is 0 Å². The number of carbonyl (C=O) groups is 2. The number of carboxylic acids is 1. The van der Waals surface area contributed by atoms with Gasteiger partial charge in [-0.1, -0.05) is 19.9 Å². The smallest absolute Gasteiger partial charge is 0.336 e. The van der Waals surface area contributed by atoms with E-state index in [2.05, 4.69) is 0 Å². The van der Waals surface area contributed by atoms with Gasteiger partial charge in [0.25, 0.3) is 0 Å². The van der Waals surface area contributed by atoms with Crippen molar-refractivity contribution in [3.63, 3.8) is 0 Å². The molecule has 0 heterocycles. The Morgan fingerprint density at radius 1 is 1.20 bits per heavy atom. The number of carbonyl (C=O) groups excluding carboxylic acids is 1. The van der Waals surface area contributed by atoms with E-state index in [1.165, 1.54) is 13.0 Å². The largest absolute Gasteiger partial charge is 0.478 e. The Morgan fingerprint density at radius 3 is 2.20 bits per heavy atom. The first-order valence-electron chi connectivity index (χ1n) is 4.81. The zero-order valence-corrected chi connectivity index (χ0v) is 9.07. The second-order valence-corrected chi connectivity index (χ2v) is 3.82. The van der Waals surface area contributed by atoms with Gasteiger partial charge in [0.15, 0.2) is 5.78 Å². The van der Waals surface area contributed by atoms with Gasteiger partial charge in [-0.15, -0.1) is 0 Å². The summed E-state index contributed by atoms with van der Waals surface area (Å²) in [6, 6.07) is 4.91. The predicted octanol–water partition coefficient (Wildman–Crippen LogP) is 2.71. The van der Waals surface area contributed by atoms with Crippen LogP contribution in [0.15, 0.2) is 18.2 Å². The Labute approximate surface area is 88.7 Å². The number of Topliss-reactive ketones (excluding diaryl/α,β-unsaturated/α-hetero) is 1. The van der Waals surface area contributed by atoms with Gasteiger partial charge in [-0.3, -0.25) is 4.79 Å². The molecule has 0 aliphatic carbocycles. The van der Waals surface area contributed by atoms with Crippen molar-refractivity contribution < 1.29 is 14.7 Å². The fraction of sp³-hybridized carbons (Fsp3) is 0.333. The number of ketones is 1. The molecule has 1 N–H and O–H groups in total. The molecule has 0 saturated carbocycles. The summed E-state index contributed by atoms with van der Waals surface area (Å²) < 4.78 is 0. The standard InChI is InChI=1S/C12H14O3/c1-7(2)9-4-5-10(12(14)15)11(6-9)8(3)13/h4-7H,1-3H3,(H,14,15). The van der Waals surface area contributed by atoms with E-state index in [-0.39, 0.29) is 22.8 Å².